The molecule has 118 valence electrons. The fraction of sp³-hybridized carbons (Fsp3) is 0.211. The lowest BCUT2D eigenvalue weighted by Crippen LogP contribution is -2.43. The van der Waals surface area contributed by atoms with Gasteiger partial charge in [-0.25, -0.2) is 0 Å². The second-order valence-electron chi connectivity index (χ2n) is 5.53. The van der Waals surface area contributed by atoms with Crippen molar-refractivity contribution in [3.8, 4) is 0 Å². The van der Waals surface area contributed by atoms with Crippen LogP contribution in [0.15, 0.2) is 54.6 Å². The Labute approximate surface area is 141 Å². The fourth-order valence-corrected chi connectivity index (χ4v) is 2.73. The van der Waals surface area contributed by atoms with E-state index in [1.165, 1.54) is 5.69 Å². The molecule has 0 radical (unpaired) electrons. The van der Waals surface area contributed by atoms with Gasteiger partial charge >= 0.3 is 0 Å². The molecule has 2 aromatic rings. The molecule has 4 heteroatoms. The zero-order valence-electron chi connectivity index (χ0n) is 12.8. The van der Waals surface area contributed by atoms with E-state index in [1.54, 1.807) is 6.08 Å². The maximum Gasteiger partial charge on any atom is 0.185 e. The number of allylic oxidation sites excluding steroid dienone is 1. The van der Waals surface area contributed by atoms with Crippen molar-refractivity contribution in [3.05, 3.63) is 70.8 Å². The van der Waals surface area contributed by atoms with Gasteiger partial charge in [-0.1, -0.05) is 29.8 Å². The summed E-state index contributed by atoms with van der Waals surface area (Å²) in [6.45, 7) is 4.02. The Bertz CT molecular complexity index is 686. The Kier molecular flexibility index (Phi) is 5.11. The Morgan fingerprint density at radius 1 is 1.00 bits per heavy atom. The molecule has 0 saturated carbocycles. The molecule has 1 aliphatic heterocycles. The van der Waals surface area contributed by atoms with E-state index >= 15 is 0 Å². The smallest absolute Gasteiger partial charge is 0.185 e. The van der Waals surface area contributed by atoms with Crippen molar-refractivity contribution in [1.82, 2.24) is 5.32 Å². The van der Waals surface area contributed by atoms with Crippen LogP contribution in [0.25, 0.3) is 6.08 Å². The number of hydrogen-bond acceptors (Lipinski definition) is 3. The summed E-state index contributed by atoms with van der Waals surface area (Å²) in [6, 6.07) is 15.2. The van der Waals surface area contributed by atoms with Crippen LogP contribution in [0.4, 0.5) is 5.69 Å². The number of piperazine rings is 1. The van der Waals surface area contributed by atoms with Crippen LogP contribution in [-0.4, -0.2) is 32.0 Å². The number of benzene rings is 2. The van der Waals surface area contributed by atoms with Gasteiger partial charge in [-0.15, -0.1) is 0 Å². The van der Waals surface area contributed by atoms with Crippen LogP contribution < -0.4 is 10.2 Å². The lowest BCUT2D eigenvalue weighted by Gasteiger charge is -2.29. The Hall–Kier alpha value is -2.10. The first-order valence-electron chi connectivity index (χ1n) is 7.76. The zero-order chi connectivity index (χ0) is 16.1. The SMILES string of the molecule is O=C(/C=C/c1ccc(Cl)cc1)c1ccc(N2CCNCC2)cc1. The molecular weight excluding hydrogens is 308 g/mol. The number of ketones is 1. The predicted octanol–water partition coefficient (Wildman–Crippen LogP) is 3.65. The summed E-state index contributed by atoms with van der Waals surface area (Å²) in [5, 5.41) is 4.03. The molecule has 1 fully saturated rings. The fourth-order valence-electron chi connectivity index (χ4n) is 2.60. The van der Waals surface area contributed by atoms with Gasteiger partial charge in [-0.3, -0.25) is 4.79 Å². The summed E-state index contributed by atoms with van der Waals surface area (Å²) in [5.74, 6) is 0.00631. The molecule has 0 unspecified atom stereocenters. The van der Waals surface area contributed by atoms with E-state index in [0.29, 0.717) is 10.6 Å². The van der Waals surface area contributed by atoms with E-state index in [0.717, 1.165) is 31.7 Å². The first-order valence-corrected chi connectivity index (χ1v) is 8.14. The molecule has 0 aliphatic carbocycles. The summed E-state index contributed by atoms with van der Waals surface area (Å²) >= 11 is 5.85. The zero-order valence-corrected chi connectivity index (χ0v) is 13.6. The first kappa shape index (κ1) is 15.8. The van der Waals surface area contributed by atoms with Crippen LogP contribution in [0.3, 0.4) is 0 Å². The topological polar surface area (TPSA) is 32.3 Å². The van der Waals surface area contributed by atoms with Crippen LogP contribution in [0.1, 0.15) is 15.9 Å². The van der Waals surface area contributed by atoms with Crippen LogP contribution >= 0.6 is 11.6 Å². The number of nitrogens with zero attached hydrogens (tertiary/aromatic N) is 1. The van der Waals surface area contributed by atoms with E-state index in [9.17, 15) is 4.79 Å². The predicted molar refractivity (Wildman–Crippen MR) is 96.3 cm³/mol. The van der Waals surface area contributed by atoms with E-state index in [-0.39, 0.29) is 5.78 Å². The molecule has 0 atom stereocenters. The second kappa shape index (κ2) is 7.44. The minimum absolute atomic E-state index is 0.00631. The Morgan fingerprint density at radius 3 is 2.30 bits per heavy atom. The Balaban J connectivity index is 1.66. The van der Waals surface area contributed by atoms with Crippen molar-refractivity contribution in [2.45, 2.75) is 0 Å². The monoisotopic (exact) mass is 326 g/mol. The third-order valence-corrected chi connectivity index (χ3v) is 4.18. The van der Waals surface area contributed by atoms with Gasteiger partial charge in [0.2, 0.25) is 0 Å². The van der Waals surface area contributed by atoms with Crippen LogP contribution in [0.2, 0.25) is 5.02 Å². The highest BCUT2D eigenvalue weighted by Gasteiger charge is 2.10. The van der Waals surface area contributed by atoms with Gasteiger partial charge in [0.15, 0.2) is 5.78 Å². The molecule has 1 N–H and O–H groups in total. The molecule has 1 heterocycles. The maximum atomic E-state index is 12.2. The van der Waals surface area contributed by atoms with Crippen molar-refractivity contribution < 1.29 is 4.79 Å². The summed E-state index contributed by atoms with van der Waals surface area (Å²) in [6.07, 6.45) is 3.41. The molecule has 0 spiro atoms. The molecule has 0 bridgehead atoms. The molecule has 1 saturated heterocycles. The largest absolute Gasteiger partial charge is 0.369 e. The van der Waals surface area contributed by atoms with Gasteiger partial charge in [-0.05, 0) is 48.0 Å². The number of nitrogens with one attached hydrogen (secondary N) is 1. The summed E-state index contributed by atoms with van der Waals surface area (Å²) in [5.41, 5.74) is 2.83. The maximum absolute atomic E-state index is 12.2. The van der Waals surface area contributed by atoms with E-state index < -0.39 is 0 Å². The standard InChI is InChI=1S/C19H19ClN2O/c20-17-6-1-15(2-7-17)3-10-19(23)16-4-8-18(9-5-16)22-13-11-21-12-14-22/h1-10,21H,11-14H2/b10-3+. The number of rotatable bonds is 4. The number of halogens is 1. The lowest BCUT2D eigenvalue weighted by atomic mass is 10.1. The average Bonchev–Trinajstić information content (AvgIpc) is 2.62. The average molecular weight is 327 g/mol. The van der Waals surface area contributed by atoms with Crippen LogP contribution in [0.5, 0.6) is 0 Å². The van der Waals surface area contributed by atoms with E-state index in [2.05, 4.69) is 10.2 Å². The minimum Gasteiger partial charge on any atom is -0.369 e. The summed E-state index contributed by atoms with van der Waals surface area (Å²) < 4.78 is 0. The highest BCUT2D eigenvalue weighted by Crippen LogP contribution is 2.17. The summed E-state index contributed by atoms with van der Waals surface area (Å²) in [4.78, 5) is 14.6. The normalized spacial score (nSPS) is 15.1. The molecule has 0 amide bonds. The van der Waals surface area contributed by atoms with Crippen molar-refractivity contribution in [2.75, 3.05) is 31.1 Å². The second-order valence-corrected chi connectivity index (χ2v) is 5.97. The van der Waals surface area contributed by atoms with Gasteiger partial charge in [-0.2, -0.15) is 0 Å². The lowest BCUT2D eigenvalue weighted by molar-refractivity contribution is 0.104. The van der Waals surface area contributed by atoms with Gasteiger partial charge in [0.1, 0.15) is 0 Å². The Morgan fingerprint density at radius 2 is 1.65 bits per heavy atom. The van der Waals surface area contributed by atoms with Gasteiger partial charge in [0, 0.05) is 42.5 Å². The quantitative estimate of drug-likeness (QED) is 0.687. The number of carbonyl (C=O) groups is 1. The van der Waals surface area contributed by atoms with E-state index in [4.69, 9.17) is 11.6 Å². The van der Waals surface area contributed by atoms with Gasteiger partial charge < -0.3 is 10.2 Å². The number of anilines is 1. The van der Waals surface area contributed by atoms with Crippen molar-refractivity contribution in [3.63, 3.8) is 0 Å². The van der Waals surface area contributed by atoms with Crippen molar-refractivity contribution in [2.24, 2.45) is 0 Å². The van der Waals surface area contributed by atoms with Gasteiger partial charge in [0.25, 0.3) is 0 Å². The number of carbonyl (C=O) groups excluding carboxylic acids is 1. The minimum atomic E-state index is 0.00631. The third kappa shape index (κ3) is 4.21. The van der Waals surface area contributed by atoms with Crippen LogP contribution in [0, 0.1) is 0 Å². The molecule has 3 nitrogen and oxygen atoms in total. The van der Waals surface area contributed by atoms with Crippen molar-refractivity contribution >= 4 is 29.1 Å². The highest BCUT2D eigenvalue weighted by atomic mass is 35.5. The first-order chi connectivity index (χ1) is 11.2. The van der Waals surface area contributed by atoms with E-state index in [1.807, 2.05) is 54.6 Å². The molecule has 0 aromatic heterocycles. The molecule has 3 rings (SSSR count). The highest BCUT2D eigenvalue weighted by molar-refractivity contribution is 6.30. The molecule has 23 heavy (non-hydrogen) atoms. The molecular formula is C19H19ClN2O. The number of hydrogen-bond donors (Lipinski definition) is 1. The summed E-state index contributed by atoms with van der Waals surface area (Å²) in [7, 11) is 0. The van der Waals surface area contributed by atoms with Crippen molar-refractivity contribution in [1.29, 1.82) is 0 Å². The molecule has 2 aromatic carbocycles. The third-order valence-electron chi connectivity index (χ3n) is 3.93. The molecule has 1 aliphatic rings. The van der Waals surface area contributed by atoms with Gasteiger partial charge in [0.05, 0.1) is 0 Å². The van der Waals surface area contributed by atoms with Crippen LogP contribution in [-0.2, 0) is 0 Å².